The molecule has 0 aliphatic rings. The highest BCUT2D eigenvalue weighted by atomic mass is 35.5. The summed E-state index contributed by atoms with van der Waals surface area (Å²) in [6.45, 7) is 5.50. The second-order valence-corrected chi connectivity index (χ2v) is 6.96. The fourth-order valence-electron chi connectivity index (χ4n) is 1.96. The van der Waals surface area contributed by atoms with Gasteiger partial charge in [0.05, 0.1) is 7.11 Å². The van der Waals surface area contributed by atoms with Crippen molar-refractivity contribution in [2.75, 3.05) is 7.11 Å². The highest BCUT2D eigenvalue weighted by molar-refractivity contribution is 7.87. The van der Waals surface area contributed by atoms with E-state index in [4.69, 9.17) is 20.5 Å². The summed E-state index contributed by atoms with van der Waals surface area (Å²) < 4.78 is 35.4. The lowest BCUT2D eigenvalue weighted by atomic mass is 10.1. The molecule has 0 bridgehead atoms. The van der Waals surface area contributed by atoms with Crippen molar-refractivity contribution in [3.05, 3.63) is 52.0 Å². The van der Waals surface area contributed by atoms with Crippen LogP contribution >= 0.6 is 11.6 Å². The molecule has 0 unspecified atom stereocenters. The number of methoxy groups -OCH3 is 1. The summed E-state index contributed by atoms with van der Waals surface area (Å²) in [6, 6.07) is 7.91. The maximum absolute atomic E-state index is 12.5. The quantitative estimate of drug-likeness (QED) is 0.788. The molecule has 0 atom stereocenters. The highest BCUT2D eigenvalue weighted by Crippen LogP contribution is 2.30. The van der Waals surface area contributed by atoms with Crippen LogP contribution in [0.15, 0.2) is 35.2 Å². The van der Waals surface area contributed by atoms with Gasteiger partial charge in [-0.2, -0.15) is 8.42 Å². The van der Waals surface area contributed by atoms with Crippen LogP contribution in [0.3, 0.4) is 0 Å². The molecule has 2 aromatic carbocycles. The Morgan fingerprint density at radius 1 is 0.955 bits per heavy atom. The van der Waals surface area contributed by atoms with Crippen LogP contribution in [0.4, 0.5) is 0 Å². The van der Waals surface area contributed by atoms with Gasteiger partial charge in [-0.3, -0.25) is 0 Å². The Balaban J connectivity index is 2.46. The average molecular weight is 341 g/mol. The van der Waals surface area contributed by atoms with Gasteiger partial charge in [0, 0.05) is 5.02 Å². The molecule has 0 amide bonds. The zero-order chi connectivity index (χ0) is 16.5. The fraction of sp³-hybridized carbons (Fsp3) is 0.250. The molecule has 0 saturated carbocycles. The van der Waals surface area contributed by atoms with Gasteiger partial charge in [-0.15, -0.1) is 0 Å². The van der Waals surface area contributed by atoms with Crippen LogP contribution < -0.4 is 8.92 Å². The van der Waals surface area contributed by atoms with Crippen molar-refractivity contribution in [1.82, 2.24) is 0 Å². The highest BCUT2D eigenvalue weighted by Gasteiger charge is 2.23. The number of halogens is 1. The van der Waals surface area contributed by atoms with E-state index in [2.05, 4.69) is 0 Å². The molecule has 0 aromatic heterocycles. The van der Waals surface area contributed by atoms with Crippen molar-refractivity contribution in [3.63, 3.8) is 0 Å². The first-order chi connectivity index (χ1) is 10.2. The molecule has 6 heteroatoms. The summed E-state index contributed by atoms with van der Waals surface area (Å²) in [5.74, 6) is 0.468. The third-order valence-electron chi connectivity index (χ3n) is 3.38. The standard InChI is InChI=1S/C16H17ClO4S/c1-10-8-15(20-4)16(9-11(10)2)22(18,19)21-13-5-6-14(17)12(3)7-13/h5-9H,1-4H3. The Labute approximate surface area is 135 Å². The number of aryl methyl sites for hydroxylation is 3. The predicted molar refractivity (Wildman–Crippen MR) is 86.5 cm³/mol. The van der Waals surface area contributed by atoms with Gasteiger partial charge in [0.15, 0.2) is 0 Å². The van der Waals surface area contributed by atoms with E-state index in [-0.39, 0.29) is 16.4 Å². The number of ether oxygens (including phenoxy) is 1. The van der Waals surface area contributed by atoms with E-state index in [1.807, 2.05) is 13.8 Å². The van der Waals surface area contributed by atoms with Gasteiger partial charge in [-0.05, 0) is 67.8 Å². The first-order valence-corrected chi connectivity index (χ1v) is 8.39. The summed E-state index contributed by atoms with van der Waals surface area (Å²) in [5.41, 5.74) is 2.52. The Bertz CT molecular complexity index is 813. The minimum Gasteiger partial charge on any atom is -0.495 e. The van der Waals surface area contributed by atoms with Crippen molar-refractivity contribution >= 4 is 21.7 Å². The molecule has 0 aliphatic heterocycles. The molecule has 0 saturated heterocycles. The van der Waals surface area contributed by atoms with E-state index in [1.165, 1.54) is 13.2 Å². The van der Waals surface area contributed by atoms with Crippen molar-refractivity contribution < 1.29 is 17.3 Å². The largest absolute Gasteiger partial charge is 0.495 e. The monoisotopic (exact) mass is 340 g/mol. The fourth-order valence-corrected chi connectivity index (χ4v) is 3.23. The second-order valence-electron chi connectivity index (χ2n) is 5.04. The molecule has 2 aromatic rings. The molecule has 0 N–H and O–H groups in total. The van der Waals surface area contributed by atoms with Gasteiger partial charge in [-0.25, -0.2) is 0 Å². The first kappa shape index (κ1) is 16.6. The lowest BCUT2D eigenvalue weighted by Crippen LogP contribution is -2.12. The van der Waals surface area contributed by atoms with E-state index >= 15 is 0 Å². The number of benzene rings is 2. The van der Waals surface area contributed by atoms with Crippen LogP contribution in [0.1, 0.15) is 16.7 Å². The molecule has 0 spiro atoms. The average Bonchev–Trinajstić information content (AvgIpc) is 2.45. The molecule has 0 aliphatic carbocycles. The van der Waals surface area contributed by atoms with Gasteiger partial charge in [0.2, 0.25) is 0 Å². The van der Waals surface area contributed by atoms with Gasteiger partial charge >= 0.3 is 10.1 Å². The van der Waals surface area contributed by atoms with Crippen LogP contribution in [-0.2, 0) is 10.1 Å². The molecule has 0 fully saturated rings. The van der Waals surface area contributed by atoms with Crippen LogP contribution in [0.25, 0.3) is 0 Å². The number of rotatable bonds is 4. The SMILES string of the molecule is COc1cc(C)c(C)cc1S(=O)(=O)Oc1ccc(Cl)c(C)c1. The predicted octanol–water partition coefficient (Wildman–Crippen LogP) is 4.04. The van der Waals surface area contributed by atoms with E-state index < -0.39 is 10.1 Å². The number of hydrogen-bond donors (Lipinski definition) is 0. The van der Waals surface area contributed by atoms with E-state index in [9.17, 15) is 8.42 Å². The van der Waals surface area contributed by atoms with Gasteiger partial charge < -0.3 is 8.92 Å². The normalized spacial score (nSPS) is 11.3. The van der Waals surface area contributed by atoms with Crippen molar-refractivity contribution in [2.24, 2.45) is 0 Å². The Hall–Kier alpha value is -1.72. The molecule has 22 heavy (non-hydrogen) atoms. The summed E-state index contributed by atoms with van der Waals surface area (Å²) >= 11 is 5.93. The summed E-state index contributed by atoms with van der Waals surface area (Å²) in [5, 5.41) is 0.550. The minimum absolute atomic E-state index is 0.00528. The van der Waals surface area contributed by atoms with Crippen LogP contribution in [0, 0.1) is 20.8 Å². The molecule has 118 valence electrons. The van der Waals surface area contributed by atoms with Crippen LogP contribution in [-0.4, -0.2) is 15.5 Å². The Morgan fingerprint density at radius 2 is 1.59 bits per heavy atom. The van der Waals surface area contributed by atoms with E-state index in [0.717, 1.165) is 16.7 Å². The third-order valence-corrected chi connectivity index (χ3v) is 5.08. The lowest BCUT2D eigenvalue weighted by Gasteiger charge is -2.13. The zero-order valence-corrected chi connectivity index (χ0v) is 14.4. The Morgan fingerprint density at radius 3 is 2.18 bits per heavy atom. The maximum Gasteiger partial charge on any atom is 0.342 e. The summed E-state index contributed by atoms with van der Waals surface area (Å²) in [6.07, 6.45) is 0. The second kappa shape index (κ2) is 6.18. The van der Waals surface area contributed by atoms with Crippen LogP contribution in [0.2, 0.25) is 5.02 Å². The number of hydrogen-bond acceptors (Lipinski definition) is 4. The molecule has 0 radical (unpaired) electrons. The lowest BCUT2D eigenvalue weighted by molar-refractivity contribution is 0.397. The Kier molecular flexibility index (Phi) is 4.68. The summed E-state index contributed by atoms with van der Waals surface area (Å²) in [4.78, 5) is 0.00528. The maximum atomic E-state index is 12.5. The first-order valence-electron chi connectivity index (χ1n) is 6.60. The third kappa shape index (κ3) is 3.36. The molecule has 2 rings (SSSR count). The van der Waals surface area contributed by atoms with Crippen molar-refractivity contribution in [1.29, 1.82) is 0 Å². The van der Waals surface area contributed by atoms with Gasteiger partial charge in [0.25, 0.3) is 0 Å². The van der Waals surface area contributed by atoms with Crippen molar-refractivity contribution in [3.8, 4) is 11.5 Å². The smallest absolute Gasteiger partial charge is 0.342 e. The van der Waals surface area contributed by atoms with Crippen molar-refractivity contribution in [2.45, 2.75) is 25.7 Å². The molecular weight excluding hydrogens is 324 g/mol. The molecule has 4 nitrogen and oxygen atoms in total. The van der Waals surface area contributed by atoms with Crippen LogP contribution in [0.5, 0.6) is 11.5 Å². The van der Waals surface area contributed by atoms with Gasteiger partial charge in [0.1, 0.15) is 16.4 Å². The topological polar surface area (TPSA) is 52.6 Å². The summed E-state index contributed by atoms with van der Waals surface area (Å²) in [7, 11) is -2.57. The molecule has 0 heterocycles. The zero-order valence-electron chi connectivity index (χ0n) is 12.8. The molecular formula is C16H17ClO4S. The van der Waals surface area contributed by atoms with E-state index in [0.29, 0.717) is 5.02 Å². The van der Waals surface area contributed by atoms with Gasteiger partial charge in [-0.1, -0.05) is 11.6 Å². The minimum atomic E-state index is -3.99. The van der Waals surface area contributed by atoms with E-state index in [1.54, 1.807) is 31.2 Å².